The maximum absolute atomic E-state index is 13.5. The van der Waals surface area contributed by atoms with Crippen molar-refractivity contribution >= 4 is 45.7 Å². The minimum atomic E-state index is -0.896. The molecule has 1 amide bonds. The number of Topliss-reactive ketones (excluding diaryl/α,β-unsaturated/α-hetero) is 1. The zero-order valence-corrected chi connectivity index (χ0v) is 24.3. The lowest BCUT2D eigenvalue weighted by molar-refractivity contribution is -0.132. The van der Waals surface area contributed by atoms with Crippen LogP contribution in [-0.2, 0) is 21.8 Å². The van der Waals surface area contributed by atoms with E-state index >= 15 is 0 Å². The molecule has 10 heteroatoms. The number of hydrogen-bond donors (Lipinski definition) is 1. The summed E-state index contributed by atoms with van der Waals surface area (Å²) in [4.78, 5) is 28.4. The molecule has 1 aromatic heterocycles. The van der Waals surface area contributed by atoms with Gasteiger partial charge in [0.1, 0.15) is 23.4 Å². The van der Waals surface area contributed by atoms with Crippen LogP contribution in [0, 0.1) is 6.92 Å². The van der Waals surface area contributed by atoms with Crippen LogP contribution < -0.4 is 14.4 Å². The van der Waals surface area contributed by atoms with Crippen LogP contribution in [0.3, 0.4) is 0 Å². The molecular weight excluding hydrogens is 558 g/mol. The first-order chi connectivity index (χ1) is 19.8. The third-order valence-electron chi connectivity index (χ3n) is 7.13. The lowest BCUT2D eigenvalue weighted by atomic mass is 9.94. The molecule has 3 heterocycles. The number of aromatic nitrogens is 2. The number of aliphatic hydroxyl groups excluding tert-OH is 1. The molecule has 1 fully saturated rings. The van der Waals surface area contributed by atoms with Gasteiger partial charge in [-0.1, -0.05) is 65.1 Å². The molecule has 208 valence electrons. The molecular formula is C31H27N3O5S2. The summed E-state index contributed by atoms with van der Waals surface area (Å²) in [7, 11) is 1.57. The highest BCUT2D eigenvalue weighted by atomic mass is 32.2. The number of hydrogen-bond acceptors (Lipinski definition) is 9. The van der Waals surface area contributed by atoms with Crippen molar-refractivity contribution < 1.29 is 24.2 Å². The van der Waals surface area contributed by atoms with E-state index in [2.05, 4.69) is 34.5 Å². The summed E-state index contributed by atoms with van der Waals surface area (Å²) < 4.78 is 11.8. The zero-order valence-electron chi connectivity index (χ0n) is 22.7. The van der Waals surface area contributed by atoms with E-state index in [0.29, 0.717) is 33.4 Å². The Balaban J connectivity index is 1.38. The Kier molecular flexibility index (Phi) is 7.27. The van der Waals surface area contributed by atoms with Gasteiger partial charge in [-0.15, -0.1) is 10.2 Å². The quantitative estimate of drug-likeness (QED) is 0.0913. The van der Waals surface area contributed by atoms with Gasteiger partial charge in [-0.2, -0.15) is 0 Å². The minimum Gasteiger partial charge on any atom is -0.507 e. The number of carbonyl (C=O) groups excluding carboxylic acids is 2. The van der Waals surface area contributed by atoms with Crippen LogP contribution in [-0.4, -0.2) is 40.2 Å². The number of fused-ring (bicyclic) bond motifs is 1. The summed E-state index contributed by atoms with van der Waals surface area (Å²) in [6.07, 6.45) is 0.725. The van der Waals surface area contributed by atoms with Gasteiger partial charge in [-0.05, 0) is 60.9 Å². The largest absolute Gasteiger partial charge is 0.507 e. The number of benzene rings is 3. The summed E-state index contributed by atoms with van der Waals surface area (Å²) in [6.45, 7) is 4.02. The second kappa shape index (κ2) is 11.0. The van der Waals surface area contributed by atoms with E-state index in [4.69, 9.17) is 9.47 Å². The normalized spacial score (nSPS) is 19.3. The first-order valence-corrected chi connectivity index (χ1v) is 14.9. The average Bonchev–Trinajstić information content (AvgIpc) is 3.67. The van der Waals surface area contributed by atoms with E-state index in [1.807, 2.05) is 19.9 Å². The van der Waals surface area contributed by atoms with E-state index in [0.717, 1.165) is 16.9 Å². The molecule has 1 N–H and O–H groups in total. The molecule has 2 atom stereocenters. The van der Waals surface area contributed by atoms with Gasteiger partial charge in [0.05, 0.1) is 18.7 Å². The highest BCUT2D eigenvalue weighted by Crippen LogP contribution is 2.45. The monoisotopic (exact) mass is 585 g/mol. The topological polar surface area (TPSA) is 102 Å². The third kappa shape index (κ3) is 5.20. The van der Waals surface area contributed by atoms with Gasteiger partial charge in [0.2, 0.25) is 5.13 Å². The van der Waals surface area contributed by atoms with Crippen LogP contribution >= 0.6 is 23.1 Å². The predicted octanol–water partition coefficient (Wildman–Crippen LogP) is 6.10. The van der Waals surface area contributed by atoms with E-state index in [1.54, 1.807) is 43.5 Å². The molecule has 41 heavy (non-hydrogen) atoms. The van der Waals surface area contributed by atoms with E-state index in [-0.39, 0.29) is 22.6 Å². The predicted molar refractivity (Wildman–Crippen MR) is 159 cm³/mol. The number of aryl methyl sites for hydroxylation is 1. The van der Waals surface area contributed by atoms with Crippen molar-refractivity contribution in [3.05, 3.63) is 100 Å². The SMILES string of the molecule is COc1ccc([C@@H]2C(=C(O)c3ccc4c(c3)C[C@@H](C)O4)C(=O)C(=O)N2c2nnc(SCc3ccc(C)cc3)s2)cc1. The molecule has 4 aromatic rings. The Morgan fingerprint density at radius 2 is 1.85 bits per heavy atom. The van der Waals surface area contributed by atoms with Crippen LogP contribution in [0.5, 0.6) is 11.5 Å². The zero-order chi connectivity index (χ0) is 28.7. The van der Waals surface area contributed by atoms with Crippen molar-refractivity contribution in [2.45, 2.75) is 42.5 Å². The van der Waals surface area contributed by atoms with Gasteiger partial charge in [-0.3, -0.25) is 14.5 Å². The Bertz CT molecular complexity index is 1660. The second-order valence-electron chi connectivity index (χ2n) is 10.0. The maximum Gasteiger partial charge on any atom is 0.301 e. The van der Waals surface area contributed by atoms with E-state index < -0.39 is 17.7 Å². The lowest BCUT2D eigenvalue weighted by Crippen LogP contribution is -2.29. The Labute approximate surface area is 245 Å². The van der Waals surface area contributed by atoms with Crippen molar-refractivity contribution in [3.63, 3.8) is 0 Å². The standard InChI is InChI=1S/C31H27N3O5S2/c1-17-4-6-19(7-5-17)16-40-31-33-32-30(41-31)34-26(20-8-11-23(38-3)12-9-20)25(28(36)29(34)37)27(35)21-10-13-24-22(15-21)14-18(2)39-24/h4-13,15,18,26,35H,14,16H2,1-3H3/t18-,26-/m1/s1. The number of ether oxygens (including phenoxy) is 2. The molecule has 8 nitrogen and oxygen atoms in total. The number of ketones is 1. The van der Waals surface area contributed by atoms with Crippen molar-refractivity contribution in [1.82, 2.24) is 10.2 Å². The van der Waals surface area contributed by atoms with Crippen molar-refractivity contribution in [2.75, 3.05) is 12.0 Å². The first-order valence-electron chi connectivity index (χ1n) is 13.1. The first kappa shape index (κ1) is 27.0. The summed E-state index contributed by atoms with van der Waals surface area (Å²) in [5.74, 6) is 0.285. The molecule has 0 aliphatic carbocycles. The second-order valence-corrected chi connectivity index (χ2v) is 12.2. The fourth-order valence-electron chi connectivity index (χ4n) is 5.04. The van der Waals surface area contributed by atoms with Gasteiger partial charge < -0.3 is 14.6 Å². The molecule has 3 aromatic carbocycles. The number of amides is 1. The van der Waals surface area contributed by atoms with Crippen LogP contribution in [0.2, 0.25) is 0 Å². The minimum absolute atomic E-state index is 0.00357. The summed E-state index contributed by atoms with van der Waals surface area (Å²) in [5, 5.41) is 20.4. The highest BCUT2D eigenvalue weighted by molar-refractivity contribution is 8.00. The van der Waals surface area contributed by atoms with Crippen molar-refractivity contribution in [1.29, 1.82) is 0 Å². The Morgan fingerprint density at radius 1 is 1.10 bits per heavy atom. The smallest absolute Gasteiger partial charge is 0.301 e. The average molecular weight is 586 g/mol. The van der Waals surface area contributed by atoms with Gasteiger partial charge >= 0.3 is 5.91 Å². The summed E-state index contributed by atoms with van der Waals surface area (Å²) in [5.41, 5.74) is 4.35. The molecule has 0 saturated carbocycles. The number of carbonyl (C=O) groups is 2. The molecule has 0 radical (unpaired) electrons. The van der Waals surface area contributed by atoms with Gasteiger partial charge in [-0.25, -0.2) is 0 Å². The van der Waals surface area contributed by atoms with E-state index in [1.165, 1.54) is 33.6 Å². The summed E-state index contributed by atoms with van der Waals surface area (Å²) in [6, 6.07) is 19.7. The highest BCUT2D eigenvalue weighted by Gasteiger charge is 2.48. The fourth-order valence-corrected chi connectivity index (χ4v) is 6.87. The molecule has 2 aliphatic heterocycles. The lowest BCUT2D eigenvalue weighted by Gasteiger charge is -2.22. The Morgan fingerprint density at radius 3 is 2.59 bits per heavy atom. The van der Waals surface area contributed by atoms with Crippen LogP contribution in [0.15, 0.2) is 76.6 Å². The maximum atomic E-state index is 13.5. The number of methoxy groups -OCH3 is 1. The number of anilines is 1. The van der Waals surface area contributed by atoms with Crippen molar-refractivity contribution in [3.8, 4) is 11.5 Å². The molecule has 6 rings (SSSR count). The van der Waals surface area contributed by atoms with Crippen LogP contribution in [0.4, 0.5) is 5.13 Å². The molecule has 0 unspecified atom stereocenters. The van der Waals surface area contributed by atoms with Crippen LogP contribution in [0.25, 0.3) is 5.76 Å². The summed E-state index contributed by atoms with van der Waals surface area (Å²) >= 11 is 2.75. The van der Waals surface area contributed by atoms with Gasteiger partial charge in [0.15, 0.2) is 4.34 Å². The van der Waals surface area contributed by atoms with Gasteiger partial charge in [0.25, 0.3) is 5.78 Å². The fraction of sp³-hybridized carbons (Fsp3) is 0.226. The third-order valence-corrected chi connectivity index (χ3v) is 9.26. The van der Waals surface area contributed by atoms with Gasteiger partial charge in [0, 0.05) is 17.7 Å². The number of aliphatic hydroxyl groups is 1. The molecule has 0 spiro atoms. The van der Waals surface area contributed by atoms with Crippen LogP contribution in [0.1, 0.15) is 40.8 Å². The number of rotatable bonds is 7. The number of nitrogens with zero attached hydrogens (tertiary/aromatic N) is 3. The van der Waals surface area contributed by atoms with Crippen molar-refractivity contribution in [2.24, 2.45) is 0 Å². The molecule has 2 aliphatic rings. The van der Waals surface area contributed by atoms with E-state index in [9.17, 15) is 14.7 Å². The number of thioether (sulfide) groups is 1. The molecule has 1 saturated heterocycles. The Hall–Kier alpha value is -4.15. The molecule has 0 bridgehead atoms.